The summed E-state index contributed by atoms with van der Waals surface area (Å²) in [6.07, 6.45) is 1.05. The van der Waals surface area contributed by atoms with Gasteiger partial charge >= 0.3 is 0 Å². The minimum atomic E-state index is -0.656. The molecule has 3 heteroatoms. The summed E-state index contributed by atoms with van der Waals surface area (Å²) in [5.74, 6) is 0. The lowest BCUT2D eigenvalue weighted by Gasteiger charge is -2.13. The minimum Gasteiger partial charge on any atom is -0.384 e. The predicted octanol–water partition coefficient (Wildman–Crippen LogP) is 2.48. The Morgan fingerprint density at radius 2 is 1.71 bits per heavy atom. The van der Waals surface area contributed by atoms with Crippen LogP contribution >= 0.6 is 0 Å². The van der Waals surface area contributed by atoms with Crippen LogP contribution in [0.25, 0.3) is 0 Å². The van der Waals surface area contributed by atoms with Gasteiger partial charge in [-0.1, -0.05) is 12.1 Å². The highest BCUT2D eigenvalue weighted by Crippen LogP contribution is 2.23. The van der Waals surface area contributed by atoms with Crippen LogP contribution in [-0.2, 0) is 0 Å². The van der Waals surface area contributed by atoms with Crippen molar-refractivity contribution in [3.8, 4) is 0 Å². The van der Waals surface area contributed by atoms with E-state index >= 15 is 0 Å². The number of hydrogen-bond acceptors (Lipinski definition) is 3. The Labute approximate surface area is 101 Å². The molecule has 2 rings (SSSR count). The van der Waals surface area contributed by atoms with E-state index < -0.39 is 6.10 Å². The fraction of sp³-hybridized carbons (Fsp3) is 0.286. The standard InChI is InChI=1S/C14H16N2O/c1-9-4-6-12(8-15-9)14(17)13-7-5-10(2)16-11(13)3/h4-8,14,17H,1-3H3. The van der Waals surface area contributed by atoms with Gasteiger partial charge in [0.25, 0.3) is 0 Å². The van der Waals surface area contributed by atoms with Crippen molar-refractivity contribution in [1.82, 2.24) is 9.97 Å². The zero-order chi connectivity index (χ0) is 12.4. The molecule has 0 saturated heterocycles. The first-order valence-corrected chi connectivity index (χ1v) is 5.62. The molecule has 0 aromatic carbocycles. The Hall–Kier alpha value is -1.74. The van der Waals surface area contributed by atoms with Gasteiger partial charge in [-0.25, -0.2) is 0 Å². The van der Waals surface area contributed by atoms with Crippen LogP contribution in [0.5, 0.6) is 0 Å². The van der Waals surface area contributed by atoms with E-state index in [1.54, 1.807) is 6.20 Å². The van der Waals surface area contributed by atoms with Gasteiger partial charge in [0.2, 0.25) is 0 Å². The normalized spacial score (nSPS) is 12.5. The molecule has 0 amide bonds. The van der Waals surface area contributed by atoms with E-state index in [2.05, 4.69) is 9.97 Å². The molecule has 1 unspecified atom stereocenters. The van der Waals surface area contributed by atoms with Crippen LogP contribution in [0, 0.1) is 20.8 Å². The first-order valence-electron chi connectivity index (χ1n) is 5.62. The number of aryl methyl sites for hydroxylation is 3. The van der Waals surface area contributed by atoms with Gasteiger partial charge in [-0.3, -0.25) is 9.97 Å². The molecule has 17 heavy (non-hydrogen) atoms. The van der Waals surface area contributed by atoms with Crippen LogP contribution in [0.4, 0.5) is 0 Å². The molecule has 0 aliphatic heterocycles. The van der Waals surface area contributed by atoms with Gasteiger partial charge in [0.15, 0.2) is 0 Å². The van der Waals surface area contributed by atoms with E-state index in [9.17, 15) is 5.11 Å². The summed E-state index contributed by atoms with van der Waals surface area (Å²) < 4.78 is 0. The van der Waals surface area contributed by atoms with Crippen molar-refractivity contribution in [3.05, 3.63) is 58.7 Å². The van der Waals surface area contributed by atoms with Gasteiger partial charge in [-0.2, -0.15) is 0 Å². The highest BCUT2D eigenvalue weighted by molar-refractivity contribution is 5.32. The molecule has 88 valence electrons. The van der Waals surface area contributed by atoms with Crippen LogP contribution in [-0.4, -0.2) is 15.1 Å². The average molecular weight is 228 g/mol. The van der Waals surface area contributed by atoms with Crippen LogP contribution < -0.4 is 0 Å². The zero-order valence-corrected chi connectivity index (χ0v) is 10.3. The Morgan fingerprint density at radius 3 is 2.29 bits per heavy atom. The Bertz CT molecular complexity index is 520. The summed E-state index contributed by atoms with van der Waals surface area (Å²) >= 11 is 0. The van der Waals surface area contributed by atoms with E-state index in [1.807, 2.05) is 45.0 Å². The highest BCUT2D eigenvalue weighted by Gasteiger charge is 2.13. The molecule has 0 radical (unpaired) electrons. The second-order valence-corrected chi connectivity index (χ2v) is 4.26. The predicted molar refractivity (Wildman–Crippen MR) is 66.7 cm³/mol. The summed E-state index contributed by atoms with van der Waals surface area (Å²) in [5, 5.41) is 10.3. The Balaban J connectivity index is 2.36. The topological polar surface area (TPSA) is 46.0 Å². The molecule has 0 saturated carbocycles. The molecule has 1 N–H and O–H groups in total. The van der Waals surface area contributed by atoms with Crippen molar-refractivity contribution in [2.45, 2.75) is 26.9 Å². The third-order valence-electron chi connectivity index (χ3n) is 2.81. The molecule has 2 aromatic rings. The fourth-order valence-corrected chi connectivity index (χ4v) is 1.81. The molecule has 2 heterocycles. The summed E-state index contributed by atoms with van der Waals surface area (Å²) in [7, 11) is 0. The van der Waals surface area contributed by atoms with Crippen LogP contribution in [0.3, 0.4) is 0 Å². The molecule has 1 atom stereocenters. The Kier molecular flexibility index (Phi) is 3.20. The first kappa shape index (κ1) is 11.7. The van der Waals surface area contributed by atoms with E-state index in [0.717, 1.165) is 28.2 Å². The molecule has 0 fully saturated rings. The lowest BCUT2D eigenvalue weighted by Crippen LogP contribution is -2.04. The van der Waals surface area contributed by atoms with E-state index in [-0.39, 0.29) is 0 Å². The van der Waals surface area contributed by atoms with Crippen molar-refractivity contribution < 1.29 is 5.11 Å². The highest BCUT2D eigenvalue weighted by atomic mass is 16.3. The number of aliphatic hydroxyl groups excluding tert-OH is 1. The van der Waals surface area contributed by atoms with Gasteiger partial charge in [-0.05, 0) is 32.9 Å². The monoisotopic (exact) mass is 228 g/mol. The lowest BCUT2D eigenvalue weighted by atomic mass is 10.0. The summed E-state index contributed by atoms with van der Waals surface area (Å²) in [4.78, 5) is 8.55. The SMILES string of the molecule is Cc1ccc(C(O)c2ccc(C)nc2C)cn1. The minimum absolute atomic E-state index is 0.656. The number of pyridine rings is 2. The van der Waals surface area contributed by atoms with E-state index in [1.165, 1.54) is 0 Å². The van der Waals surface area contributed by atoms with Crippen LogP contribution in [0.15, 0.2) is 30.5 Å². The molecular formula is C14H16N2O. The third-order valence-corrected chi connectivity index (χ3v) is 2.81. The third kappa shape index (κ3) is 2.50. The van der Waals surface area contributed by atoms with Gasteiger partial charge in [0.05, 0.1) is 0 Å². The number of aliphatic hydroxyl groups is 1. The summed E-state index contributed by atoms with van der Waals surface area (Å²) in [6, 6.07) is 7.62. The van der Waals surface area contributed by atoms with Crippen LogP contribution in [0.2, 0.25) is 0 Å². The van der Waals surface area contributed by atoms with Gasteiger partial charge < -0.3 is 5.11 Å². The van der Waals surface area contributed by atoms with Gasteiger partial charge in [0.1, 0.15) is 6.10 Å². The first-order chi connectivity index (χ1) is 8.08. The molecule has 3 nitrogen and oxygen atoms in total. The summed E-state index contributed by atoms with van der Waals surface area (Å²) in [5.41, 5.74) is 4.39. The fourth-order valence-electron chi connectivity index (χ4n) is 1.81. The Morgan fingerprint density at radius 1 is 1.00 bits per heavy atom. The molecular weight excluding hydrogens is 212 g/mol. The maximum atomic E-state index is 10.3. The molecule has 0 aliphatic carbocycles. The van der Waals surface area contributed by atoms with Crippen molar-refractivity contribution in [1.29, 1.82) is 0 Å². The maximum absolute atomic E-state index is 10.3. The zero-order valence-electron chi connectivity index (χ0n) is 10.3. The second kappa shape index (κ2) is 4.63. The van der Waals surface area contributed by atoms with Crippen molar-refractivity contribution in [2.24, 2.45) is 0 Å². The van der Waals surface area contributed by atoms with Crippen molar-refractivity contribution in [2.75, 3.05) is 0 Å². The van der Waals surface area contributed by atoms with Gasteiger partial charge in [-0.15, -0.1) is 0 Å². The van der Waals surface area contributed by atoms with Crippen LogP contribution in [0.1, 0.15) is 34.3 Å². The number of hydrogen-bond donors (Lipinski definition) is 1. The molecule has 0 spiro atoms. The largest absolute Gasteiger partial charge is 0.384 e. The molecule has 2 aromatic heterocycles. The van der Waals surface area contributed by atoms with Crippen molar-refractivity contribution >= 4 is 0 Å². The van der Waals surface area contributed by atoms with Gasteiger partial charge in [0, 0.05) is 34.4 Å². The molecule has 0 aliphatic rings. The maximum Gasteiger partial charge on any atom is 0.107 e. The smallest absolute Gasteiger partial charge is 0.107 e. The summed E-state index contributed by atoms with van der Waals surface area (Å²) in [6.45, 7) is 5.78. The number of aromatic nitrogens is 2. The van der Waals surface area contributed by atoms with Crippen molar-refractivity contribution in [3.63, 3.8) is 0 Å². The van der Waals surface area contributed by atoms with E-state index in [4.69, 9.17) is 0 Å². The van der Waals surface area contributed by atoms with E-state index in [0.29, 0.717) is 0 Å². The molecule has 0 bridgehead atoms. The average Bonchev–Trinajstić information content (AvgIpc) is 2.29. The number of nitrogens with zero attached hydrogens (tertiary/aromatic N) is 2. The quantitative estimate of drug-likeness (QED) is 0.859. The second-order valence-electron chi connectivity index (χ2n) is 4.26. The lowest BCUT2D eigenvalue weighted by molar-refractivity contribution is 0.218. The number of rotatable bonds is 2.